The summed E-state index contributed by atoms with van der Waals surface area (Å²) in [5.74, 6) is 0.187. The highest BCUT2D eigenvalue weighted by Gasteiger charge is 2.12. The van der Waals surface area contributed by atoms with Gasteiger partial charge in [-0.05, 0) is 50.9 Å². The number of nitrogens with two attached hydrogens (primary N) is 1. The molecule has 0 saturated carbocycles. The van der Waals surface area contributed by atoms with Gasteiger partial charge in [-0.25, -0.2) is 0 Å². The van der Waals surface area contributed by atoms with E-state index in [0.717, 1.165) is 18.5 Å². The van der Waals surface area contributed by atoms with Gasteiger partial charge in [0.1, 0.15) is 0 Å². The maximum atomic E-state index is 12.0. The van der Waals surface area contributed by atoms with Gasteiger partial charge in [-0.2, -0.15) is 0 Å². The summed E-state index contributed by atoms with van der Waals surface area (Å²) in [4.78, 5) is 13.9. The Balaban J connectivity index is 2.67. The summed E-state index contributed by atoms with van der Waals surface area (Å²) in [6.07, 6.45) is 2.37. The number of aryl methyl sites for hydroxylation is 1. The first-order chi connectivity index (χ1) is 8.19. The topological polar surface area (TPSA) is 46.3 Å². The van der Waals surface area contributed by atoms with Gasteiger partial charge in [0.25, 0.3) is 0 Å². The fraction of sp³-hybridized carbons (Fsp3) is 0.500. The van der Waals surface area contributed by atoms with Gasteiger partial charge < -0.3 is 10.6 Å². The van der Waals surface area contributed by atoms with Crippen LogP contribution in [-0.2, 0) is 4.79 Å². The minimum Gasteiger partial charge on any atom is -0.330 e. The number of hydrogen-bond acceptors (Lipinski definition) is 2. The van der Waals surface area contributed by atoms with E-state index in [1.165, 1.54) is 5.56 Å². The number of hydrogen-bond donors (Lipinski definition) is 1. The van der Waals surface area contributed by atoms with E-state index in [0.29, 0.717) is 19.5 Å². The zero-order valence-corrected chi connectivity index (χ0v) is 10.8. The van der Waals surface area contributed by atoms with E-state index in [4.69, 9.17) is 5.73 Å². The summed E-state index contributed by atoms with van der Waals surface area (Å²) >= 11 is 0. The van der Waals surface area contributed by atoms with Crippen LogP contribution in [0.15, 0.2) is 24.3 Å². The summed E-state index contributed by atoms with van der Waals surface area (Å²) in [6.45, 7) is 5.41. The Labute approximate surface area is 104 Å². The van der Waals surface area contributed by atoms with E-state index < -0.39 is 0 Å². The van der Waals surface area contributed by atoms with Crippen LogP contribution in [0.2, 0.25) is 0 Å². The van der Waals surface area contributed by atoms with Crippen LogP contribution < -0.4 is 10.6 Å². The number of nitrogens with zero attached hydrogens (tertiary/aromatic N) is 1. The van der Waals surface area contributed by atoms with Crippen molar-refractivity contribution in [2.75, 3.05) is 18.0 Å². The smallest absolute Gasteiger partial charge is 0.226 e. The molecule has 17 heavy (non-hydrogen) atoms. The molecular formula is C14H22N2O. The molecule has 1 aromatic rings. The first-order valence-corrected chi connectivity index (χ1v) is 6.26. The summed E-state index contributed by atoms with van der Waals surface area (Å²) in [5, 5.41) is 0. The van der Waals surface area contributed by atoms with E-state index in [1.807, 2.05) is 43.0 Å². The molecule has 2 N–H and O–H groups in total. The molecule has 0 aliphatic carbocycles. The molecule has 0 aliphatic rings. The third-order valence-electron chi connectivity index (χ3n) is 2.78. The molecule has 0 aromatic heterocycles. The Kier molecular flexibility index (Phi) is 5.70. The quantitative estimate of drug-likeness (QED) is 0.769. The predicted octanol–water partition coefficient (Wildman–Crippen LogP) is 2.48. The fourth-order valence-corrected chi connectivity index (χ4v) is 1.85. The van der Waals surface area contributed by atoms with Crippen LogP contribution in [0.25, 0.3) is 0 Å². The lowest BCUT2D eigenvalue weighted by Crippen LogP contribution is -2.30. The lowest BCUT2D eigenvalue weighted by molar-refractivity contribution is -0.118. The average molecular weight is 234 g/mol. The fourth-order valence-electron chi connectivity index (χ4n) is 1.85. The number of anilines is 1. The monoisotopic (exact) mass is 234 g/mol. The molecule has 0 radical (unpaired) electrons. The minimum atomic E-state index is 0.187. The Hall–Kier alpha value is -1.35. The van der Waals surface area contributed by atoms with Gasteiger partial charge in [0.15, 0.2) is 0 Å². The van der Waals surface area contributed by atoms with Crippen molar-refractivity contribution in [3.8, 4) is 0 Å². The molecule has 0 unspecified atom stereocenters. The van der Waals surface area contributed by atoms with Crippen LogP contribution in [0, 0.1) is 6.92 Å². The largest absolute Gasteiger partial charge is 0.330 e. The van der Waals surface area contributed by atoms with Crippen LogP contribution in [0.4, 0.5) is 5.69 Å². The van der Waals surface area contributed by atoms with Crippen LogP contribution in [-0.4, -0.2) is 19.0 Å². The number of carbonyl (C=O) groups excluding carboxylic acids is 1. The highest BCUT2D eigenvalue weighted by Crippen LogP contribution is 2.17. The summed E-state index contributed by atoms with van der Waals surface area (Å²) in [5.41, 5.74) is 7.60. The lowest BCUT2D eigenvalue weighted by atomic mass is 10.1. The Bertz CT molecular complexity index is 363. The molecule has 1 aromatic carbocycles. The van der Waals surface area contributed by atoms with E-state index >= 15 is 0 Å². The van der Waals surface area contributed by atoms with Gasteiger partial charge >= 0.3 is 0 Å². The van der Waals surface area contributed by atoms with Gasteiger partial charge in [0.2, 0.25) is 5.91 Å². The molecule has 0 saturated heterocycles. The number of carbonyl (C=O) groups is 1. The van der Waals surface area contributed by atoms with Gasteiger partial charge in [0, 0.05) is 18.7 Å². The van der Waals surface area contributed by atoms with Crippen molar-refractivity contribution in [2.45, 2.75) is 33.1 Å². The third kappa shape index (κ3) is 4.19. The Morgan fingerprint density at radius 1 is 1.35 bits per heavy atom. The zero-order valence-electron chi connectivity index (χ0n) is 10.8. The van der Waals surface area contributed by atoms with Crippen molar-refractivity contribution in [3.05, 3.63) is 29.8 Å². The highest BCUT2D eigenvalue weighted by atomic mass is 16.2. The molecule has 0 heterocycles. The number of rotatable bonds is 6. The van der Waals surface area contributed by atoms with Crippen LogP contribution in [0.1, 0.15) is 31.7 Å². The second kappa shape index (κ2) is 7.07. The van der Waals surface area contributed by atoms with E-state index in [1.54, 1.807) is 0 Å². The van der Waals surface area contributed by atoms with Crippen molar-refractivity contribution < 1.29 is 4.79 Å². The molecule has 1 amide bonds. The summed E-state index contributed by atoms with van der Waals surface area (Å²) in [6, 6.07) is 8.05. The Morgan fingerprint density at radius 2 is 2.12 bits per heavy atom. The van der Waals surface area contributed by atoms with Gasteiger partial charge in [0.05, 0.1) is 0 Å². The molecule has 0 fully saturated rings. The van der Waals surface area contributed by atoms with E-state index in [2.05, 4.69) is 0 Å². The highest BCUT2D eigenvalue weighted by molar-refractivity contribution is 5.93. The third-order valence-corrected chi connectivity index (χ3v) is 2.78. The molecule has 3 heteroatoms. The minimum absolute atomic E-state index is 0.187. The standard InChI is InChI=1S/C14H22N2O/c1-3-16(14(17)9-4-5-10-15)13-8-6-7-12(2)11-13/h6-8,11H,3-5,9-10,15H2,1-2H3. The first kappa shape index (κ1) is 13.7. The number of benzene rings is 1. The van der Waals surface area contributed by atoms with E-state index in [9.17, 15) is 4.79 Å². The normalized spacial score (nSPS) is 10.3. The van der Waals surface area contributed by atoms with Gasteiger partial charge in [-0.3, -0.25) is 4.79 Å². The zero-order chi connectivity index (χ0) is 12.7. The Morgan fingerprint density at radius 3 is 2.71 bits per heavy atom. The molecule has 1 rings (SSSR count). The van der Waals surface area contributed by atoms with Crippen molar-refractivity contribution in [1.82, 2.24) is 0 Å². The van der Waals surface area contributed by atoms with Crippen molar-refractivity contribution in [1.29, 1.82) is 0 Å². The summed E-state index contributed by atoms with van der Waals surface area (Å²) in [7, 11) is 0. The molecule has 0 atom stereocenters. The van der Waals surface area contributed by atoms with Crippen molar-refractivity contribution in [3.63, 3.8) is 0 Å². The maximum absolute atomic E-state index is 12.0. The maximum Gasteiger partial charge on any atom is 0.226 e. The second-order valence-electron chi connectivity index (χ2n) is 4.22. The molecular weight excluding hydrogens is 212 g/mol. The van der Waals surface area contributed by atoms with Gasteiger partial charge in [-0.15, -0.1) is 0 Å². The van der Waals surface area contributed by atoms with Crippen LogP contribution >= 0.6 is 0 Å². The number of unbranched alkanes of at least 4 members (excludes halogenated alkanes) is 1. The number of amides is 1. The SMILES string of the molecule is CCN(C(=O)CCCCN)c1cccc(C)c1. The van der Waals surface area contributed by atoms with Crippen LogP contribution in [0.5, 0.6) is 0 Å². The average Bonchev–Trinajstić information content (AvgIpc) is 2.30. The van der Waals surface area contributed by atoms with Gasteiger partial charge in [-0.1, -0.05) is 12.1 Å². The second-order valence-corrected chi connectivity index (χ2v) is 4.22. The molecule has 94 valence electrons. The summed E-state index contributed by atoms with van der Waals surface area (Å²) < 4.78 is 0. The lowest BCUT2D eigenvalue weighted by Gasteiger charge is -2.21. The van der Waals surface area contributed by atoms with E-state index in [-0.39, 0.29) is 5.91 Å². The first-order valence-electron chi connectivity index (χ1n) is 6.26. The van der Waals surface area contributed by atoms with Crippen LogP contribution in [0.3, 0.4) is 0 Å². The van der Waals surface area contributed by atoms with Crippen molar-refractivity contribution >= 4 is 11.6 Å². The van der Waals surface area contributed by atoms with Crippen molar-refractivity contribution in [2.24, 2.45) is 5.73 Å². The molecule has 0 aliphatic heterocycles. The molecule has 3 nitrogen and oxygen atoms in total. The molecule has 0 bridgehead atoms. The molecule has 0 spiro atoms. The predicted molar refractivity (Wildman–Crippen MR) is 72.1 cm³/mol.